The van der Waals surface area contributed by atoms with Gasteiger partial charge < -0.3 is 14.4 Å². The zero-order chi connectivity index (χ0) is 20.9. The first kappa shape index (κ1) is 21.2. The van der Waals surface area contributed by atoms with Crippen LogP contribution in [0.3, 0.4) is 0 Å². The molecule has 2 aromatic rings. The Bertz CT molecular complexity index is 772. The molecule has 1 saturated heterocycles. The van der Waals surface area contributed by atoms with E-state index in [0.29, 0.717) is 5.92 Å². The molecule has 0 spiro atoms. The first-order valence-corrected chi connectivity index (χ1v) is 10.6. The highest BCUT2D eigenvalue weighted by Gasteiger charge is 2.27. The van der Waals surface area contributed by atoms with Crippen molar-refractivity contribution in [3.63, 3.8) is 0 Å². The predicted molar refractivity (Wildman–Crippen MR) is 116 cm³/mol. The molecule has 0 N–H and O–H groups in total. The fourth-order valence-corrected chi connectivity index (χ4v) is 3.76. The molecular weight excluding hydrogens is 362 g/mol. The number of carbonyl (C=O) groups excluding carboxylic acids is 1. The molecule has 1 unspecified atom stereocenters. The highest BCUT2D eigenvalue weighted by molar-refractivity contribution is 5.68. The maximum atomic E-state index is 12.2. The van der Waals surface area contributed by atoms with Crippen LogP contribution in [0.1, 0.15) is 70.1 Å². The molecule has 0 saturated carbocycles. The second-order valence-electron chi connectivity index (χ2n) is 8.74. The fraction of sp³-hybridized carbons (Fsp3) is 0.480. The van der Waals surface area contributed by atoms with E-state index in [1.807, 2.05) is 43.9 Å². The summed E-state index contributed by atoms with van der Waals surface area (Å²) >= 11 is 0. The Balaban J connectivity index is 1.55. The third-order valence-electron chi connectivity index (χ3n) is 5.32. The van der Waals surface area contributed by atoms with Crippen molar-refractivity contribution in [3.05, 3.63) is 65.7 Å². The lowest BCUT2D eigenvalue weighted by Gasteiger charge is -2.33. The highest BCUT2D eigenvalue weighted by Crippen LogP contribution is 2.31. The van der Waals surface area contributed by atoms with E-state index in [9.17, 15) is 4.79 Å². The van der Waals surface area contributed by atoms with Crippen molar-refractivity contribution >= 4 is 6.09 Å². The van der Waals surface area contributed by atoms with Gasteiger partial charge in [-0.25, -0.2) is 4.79 Å². The number of likely N-dealkylation sites (tertiary alicyclic amines) is 1. The number of amides is 1. The molecule has 3 rings (SSSR count). The summed E-state index contributed by atoms with van der Waals surface area (Å²) < 4.78 is 11.7. The lowest BCUT2D eigenvalue weighted by Crippen LogP contribution is -2.41. The van der Waals surface area contributed by atoms with Gasteiger partial charge in [-0.15, -0.1) is 0 Å². The van der Waals surface area contributed by atoms with Gasteiger partial charge in [0.15, 0.2) is 0 Å². The molecule has 0 aliphatic carbocycles. The summed E-state index contributed by atoms with van der Waals surface area (Å²) in [5, 5.41) is 0. The van der Waals surface area contributed by atoms with E-state index in [1.165, 1.54) is 11.1 Å². The van der Waals surface area contributed by atoms with E-state index in [1.54, 1.807) is 0 Å². The number of hydrogen-bond acceptors (Lipinski definition) is 3. The molecule has 1 fully saturated rings. The highest BCUT2D eigenvalue weighted by atomic mass is 16.6. The molecule has 4 nitrogen and oxygen atoms in total. The summed E-state index contributed by atoms with van der Waals surface area (Å²) in [5.41, 5.74) is 2.07. The zero-order valence-corrected chi connectivity index (χ0v) is 18.1. The number of nitrogens with zero attached hydrogens (tertiary/aromatic N) is 1. The molecule has 0 aromatic heterocycles. The van der Waals surface area contributed by atoms with Gasteiger partial charge in [0.25, 0.3) is 0 Å². The first-order chi connectivity index (χ1) is 13.9. The van der Waals surface area contributed by atoms with Crippen LogP contribution in [0.15, 0.2) is 54.6 Å². The lowest BCUT2D eigenvalue weighted by molar-refractivity contribution is 0.0205. The Morgan fingerprint density at radius 3 is 2.21 bits per heavy atom. The molecule has 29 heavy (non-hydrogen) atoms. The Labute approximate surface area is 174 Å². The molecular formula is C25H33NO3. The van der Waals surface area contributed by atoms with Crippen LogP contribution < -0.4 is 4.74 Å². The molecule has 1 aliphatic rings. The van der Waals surface area contributed by atoms with Gasteiger partial charge in [-0.3, -0.25) is 0 Å². The van der Waals surface area contributed by atoms with Gasteiger partial charge in [-0.1, -0.05) is 49.4 Å². The smallest absolute Gasteiger partial charge is 0.410 e. The Kier molecular flexibility index (Phi) is 6.83. The second kappa shape index (κ2) is 9.34. The van der Waals surface area contributed by atoms with Gasteiger partial charge in [0.1, 0.15) is 17.5 Å². The number of benzene rings is 2. The van der Waals surface area contributed by atoms with Crippen LogP contribution in [0, 0.1) is 0 Å². The van der Waals surface area contributed by atoms with Crippen molar-refractivity contribution in [1.82, 2.24) is 4.90 Å². The molecule has 1 atom stereocenters. The molecule has 156 valence electrons. The monoisotopic (exact) mass is 395 g/mol. The second-order valence-corrected chi connectivity index (χ2v) is 8.74. The Hall–Kier alpha value is -2.49. The molecule has 1 heterocycles. The minimum Gasteiger partial charge on any atom is -0.486 e. The van der Waals surface area contributed by atoms with Gasteiger partial charge in [-0.2, -0.15) is 0 Å². The number of rotatable bonds is 5. The standard InChI is InChI=1S/C25H33NO3/c1-5-23(21-9-7-6-8-10-21)28-22-13-11-19(12-14-22)20-15-17-26(18-16-20)24(27)29-25(2,3)4/h6-14,20,23H,5,15-18H2,1-4H3. The number of hydrogen-bond donors (Lipinski definition) is 0. The van der Waals surface area contributed by atoms with Crippen LogP contribution in [0.5, 0.6) is 5.75 Å². The average Bonchev–Trinajstić information content (AvgIpc) is 2.72. The van der Waals surface area contributed by atoms with Crippen molar-refractivity contribution in [2.45, 2.75) is 64.6 Å². The predicted octanol–water partition coefficient (Wildman–Crippen LogP) is 6.33. The average molecular weight is 396 g/mol. The van der Waals surface area contributed by atoms with Crippen molar-refractivity contribution in [3.8, 4) is 5.75 Å². The van der Waals surface area contributed by atoms with E-state index in [-0.39, 0.29) is 12.2 Å². The zero-order valence-electron chi connectivity index (χ0n) is 18.1. The van der Waals surface area contributed by atoms with Crippen LogP contribution in [-0.4, -0.2) is 29.7 Å². The largest absolute Gasteiger partial charge is 0.486 e. The van der Waals surface area contributed by atoms with Gasteiger partial charge in [-0.05, 0) is 69.2 Å². The molecule has 0 radical (unpaired) electrons. The summed E-state index contributed by atoms with van der Waals surface area (Å²) in [6, 6.07) is 18.8. The maximum absolute atomic E-state index is 12.2. The topological polar surface area (TPSA) is 38.8 Å². The molecule has 1 amide bonds. The lowest BCUT2D eigenvalue weighted by atomic mass is 9.89. The summed E-state index contributed by atoms with van der Waals surface area (Å²) in [7, 11) is 0. The van der Waals surface area contributed by atoms with Gasteiger partial charge in [0.2, 0.25) is 0 Å². The summed E-state index contributed by atoms with van der Waals surface area (Å²) in [5.74, 6) is 1.37. The Morgan fingerprint density at radius 1 is 1.03 bits per heavy atom. The Morgan fingerprint density at radius 2 is 1.66 bits per heavy atom. The molecule has 1 aliphatic heterocycles. The summed E-state index contributed by atoms with van der Waals surface area (Å²) in [6.45, 7) is 9.34. The van der Waals surface area contributed by atoms with Crippen LogP contribution in [-0.2, 0) is 4.74 Å². The third-order valence-corrected chi connectivity index (χ3v) is 5.32. The quantitative estimate of drug-likeness (QED) is 0.594. The van der Waals surface area contributed by atoms with Crippen molar-refractivity contribution in [2.24, 2.45) is 0 Å². The normalized spacial score (nSPS) is 16.3. The number of ether oxygens (including phenoxy) is 2. The van der Waals surface area contributed by atoms with Gasteiger partial charge >= 0.3 is 6.09 Å². The minimum absolute atomic E-state index is 0.0686. The van der Waals surface area contributed by atoms with Gasteiger partial charge in [0.05, 0.1) is 0 Å². The van der Waals surface area contributed by atoms with E-state index in [2.05, 4.69) is 43.3 Å². The summed E-state index contributed by atoms with van der Waals surface area (Å²) in [4.78, 5) is 14.1. The van der Waals surface area contributed by atoms with E-state index >= 15 is 0 Å². The van der Waals surface area contributed by atoms with Crippen LogP contribution in [0.25, 0.3) is 0 Å². The number of piperidine rings is 1. The van der Waals surface area contributed by atoms with E-state index in [4.69, 9.17) is 9.47 Å². The minimum atomic E-state index is -0.445. The van der Waals surface area contributed by atoms with E-state index in [0.717, 1.165) is 38.1 Å². The molecule has 2 aromatic carbocycles. The van der Waals surface area contributed by atoms with Crippen LogP contribution >= 0.6 is 0 Å². The SMILES string of the molecule is CCC(Oc1ccc(C2CCN(C(=O)OC(C)(C)C)CC2)cc1)c1ccccc1. The van der Waals surface area contributed by atoms with Crippen molar-refractivity contribution in [1.29, 1.82) is 0 Å². The maximum Gasteiger partial charge on any atom is 0.410 e. The van der Waals surface area contributed by atoms with Crippen molar-refractivity contribution in [2.75, 3.05) is 13.1 Å². The van der Waals surface area contributed by atoms with Gasteiger partial charge in [0, 0.05) is 13.1 Å². The van der Waals surface area contributed by atoms with Crippen LogP contribution in [0.2, 0.25) is 0 Å². The molecule has 4 heteroatoms. The summed E-state index contributed by atoms with van der Waals surface area (Å²) in [6.07, 6.45) is 2.71. The first-order valence-electron chi connectivity index (χ1n) is 10.6. The third kappa shape index (κ3) is 5.99. The fourth-order valence-electron chi connectivity index (χ4n) is 3.76. The number of carbonyl (C=O) groups is 1. The van der Waals surface area contributed by atoms with Crippen molar-refractivity contribution < 1.29 is 14.3 Å². The van der Waals surface area contributed by atoms with E-state index < -0.39 is 5.60 Å². The molecule has 0 bridgehead atoms. The van der Waals surface area contributed by atoms with Crippen LogP contribution in [0.4, 0.5) is 4.79 Å².